The van der Waals surface area contributed by atoms with E-state index in [1.165, 1.54) is 0 Å². The van der Waals surface area contributed by atoms with E-state index in [4.69, 9.17) is 24.5 Å². The second-order valence-electron chi connectivity index (χ2n) is 6.97. The number of benzene rings is 2. The first kappa shape index (κ1) is 22.2. The predicted molar refractivity (Wildman–Crippen MR) is 110 cm³/mol. The average Bonchev–Trinajstić information content (AvgIpc) is 3.08. The van der Waals surface area contributed by atoms with E-state index in [1.807, 2.05) is 60.7 Å². The van der Waals surface area contributed by atoms with E-state index in [-0.39, 0.29) is 6.61 Å². The summed E-state index contributed by atoms with van der Waals surface area (Å²) < 4.78 is 23.3. The van der Waals surface area contributed by atoms with Crippen LogP contribution in [0.3, 0.4) is 0 Å². The average molecular weight is 413 g/mol. The Balaban J connectivity index is 1.54. The van der Waals surface area contributed by atoms with Gasteiger partial charge in [0.05, 0.1) is 19.8 Å². The van der Waals surface area contributed by atoms with E-state index in [1.54, 1.807) is 0 Å². The number of hydrogen-bond donors (Lipinski definition) is 1. The Hall–Kier alpha value is -2.45. The van der Waals surface area contributed by atoms with E-state index >= 15 is 0 Å². The van der Waals surface area contributed by atoms with Crippen molar-refractivity contribution in [3.63, 3.8) is 0 Å². The molecule has 0 aliphatic carbocycles. The van der Waals surface area contributed by atoms with Crippen LogP contribution in [0.25, 0.3) is 10.4 Å². The summed E-state index contributed by atoms with van der Waals surface area (Å²) in [6, 6.07) is 19.6. The number of hydrogen-bond acceptors (Lipinski definition) is 6. The smallest absolute Gasteiger partial charge is 0.186 e. The molecule has 0 radical (unpaired) electrons. The van der Waals surface area contributed by atoms with Crippen LogP contribution in [0.5, 0.6) is 0 Å². The molecule has 4 atom stereocenters. The molecule has 1 N–H and O–H groups in total. The first-order valence-corrected chi connectivity index (χ1v) is 10.0. The lowest BCUT2D eigenvalue weighted by Gasteiger charge is -2.21. The summed E-state index contributed by atoms with van der Waals surface area (Å²) in [5.74, 6) is 0. The molecule has 2 aromatic carbocycles. The van der Waals surface area contributed by atoms with Crippen molar-refractivity contribution in [1.82, 2.24) is 0 Å². The van der Waals surface area contributed by atoms with Gasteiger partial charge in [-0.25, -0.2) is 0 Å². The largest absolute Gasteiger partial charge is 0.385 e. The molecule has 0 amide bonds. The summed E-state index contributed by atoms with van der Waals surface area (Å²) in [4.78, 5) is 2.71. The zero-order valence-corrected chi connectivity index (χ0v) is 16.7. The first-order chi connectivity index (χ1) is 14.8. The maximum atomic E-state index is 10.7. The van der Waals surface area contributed by atoms with Crippen molar-refractivity contribution in [3.05, 3.63) is 82.2 Å². The van der Waals surface area contributed by atoms with Gasteiger partial charge in [-0.15, -0.1) is 0 Å². The van der Waals surface area contributed by atoms with Crippen LogP contribution in [-0.4, -0.2) is 49.5 Å². The van der Waals surface area contributed by atoms with Crippen LogP contribution >= 0.6 is 0 Å². The van der Waals surface area contributed by atoms with E-state index in [0.29, 0.717) is 32.8 Å². The van der Waals surface area contributed by atoms with Gasteiger partial charge in [0.25, 0.3) is 0 Å². The van der Waals surface area contributed by atoms with Crippen molar-refractivity contribution in [2.45, 2.75) is 44.2 Å². The standard InChI is InChI=1S/C22H27N3O5/c23-25-24-12-7-13-28-22-20(26)21(29-15-18-10-5-2-6-11-18)19(30-22)16-27-14-17-8-3-1-4-9-17/h1-6,8-11,19-22,26H,7,12-16H2/t19-,20+,21-,22+/m1/s1. The van der Waals surface area contributed by atoms with Crippen LogP contribution in [0.15, 0.2) is 65.8 Å². The van der Waals surface area contributed by atoms with Gasteiger partial charge < -0.3 is 24.1 Å². The third-order valence-corrected chi connectivity index (χ3v) is 4.72. The van der Waals surface area contributed by atoms with Crippen molar-refractivity contribution in [3.8, 4) is 0 Å². The molecule has 0 spiro atoms. The molecule has 0 unspecified atom stereocenters. The molecule has 8 nitrogen and oxygen atoms in total. The lowest BCUT2D eigenvalue weighted by molar-refractivity contribution is -0.172. The van der Waals surface area contributed by atoms with E-state index < -0.39 is 24.6 Å². The second-order valence-corrected chi connectivity index (χ2v) is 6.97. The van der Waals surface area contributed by atoms with Crippen LogP contribution in [0.2, 0.25) is 0 Å². The minimum absolute atomic E-state index is 0.268. The highest BCUT2D eigenvalue weighted by atomic mass is 16.7. The van der Waals surface area contributed by atoms with Gasteiger partial charge >= 0.3 is 0 Å². The summed E-state index contributed by atoms with van der Waals surface area (Å²) in [6.45, 7) is 1.70. The molecule has 8 heteroatoms. The van der Waals surface area contributed by atoms with E-state index in [0.717, 1.165) is 11.1 Å². The molecular weight excluding hydrogens is 386 g/mol. The Labute approximate surface area is 176 Å². The topological polar surface area (TPSA) is 106 Å². The lowest BCUT2D eigenvalue weighted by atomic mass is 10.1. The Morgan fingerprint density at radius 2 is 1.63 bits per heavy atom. The van der Waals surface area contributed by atoms with Crippen molar-refractivity contribution in [1.29, 1.82) is 0 Å². The molecule has 1 heterocycles. The first-order valence-electron chi connectivity index (χ1n) is 10.0. The highest BCUT2D eigenvalue weighted by molar-refractivity contribution is 5.14. The summed E-state index contributed by atoms with van der Waals surface area (Å²) in [6.07, 6.45) is -2.26. The van der Waals surface area contributed by atoms with Gasteiger partial charge in [0.2, 0.25) is 0 Å². The van der Waals surface area contributed by atoms with Crippen LogP contribution in [-0.2, 0) is 32.2 Å². The Kier molecular flexibility index (Phi) is 9.11. The van der Waals surface area contributed by atoms with E-state index in [2.05, 4.69) is 10.0 Å². The Bertz CT molecular complexity index is 786. The predicted octanol–water partition coefficient (Wildman–Crippen LogP) is 3.59. The number of aliphatic hydroxyl groups excluding tert-OH is 1. The third-order valence-electron chi connectivity index (χ3n) is 4.72. The van der Waals surface area contributed by atoms with Gasteiger partial charge in [0.1, 0.15) is 18.3 Å². The highest BCUT2D eigenvalue weighted by Gasteiger charge is 2.45. The SMILES string of the molecule is [N-]=[N+]=NCCCO[C@H]1O[C@H](COCc2ccccc2)[C@@H](OCc2ccccc2)[C@@H]1O. The highest BCUT2D eigenvalue weighted by Crippen LogP contribution is 2.26. The molecule has 30 heavy (non-hydrogen) atoms. The number of rotatable bonds is 12. The molecule has 1 aliphatic heterocycles. The van der Waals surface area contributed by atoms with Gasteiger partial charge in [-0.3, -0.25) is 0 Å². The summed E-state index contributed by atoms with van der Waals surface area (Å²) in [5, 5.41) is 14.2. The molecule has 2 aromatic rings. The number of aliphatic hydroxyl groups is 1. The molecule has 1 fully saturated rings. The molecule has 0 bridgehead atoms. The van der Waals surface area contributed by atoms with Gasteiger partial charge in [-0.1, -0.05) is 65.8 Å². The van der Waals surface area contributed by atoms with Gasteiger partial charge in [0.15, 0.2) is 6.29 Å². The number of ether oxygens (including phenoxy) is 4. The van der Waals surface area contributed by atoms with Crippen LogP contribution < -0.4 is 0 Å². The molecule has 0 aromatic heterocycles. The minimum atomic E-state index is -0.946. The zero-order valence-electron chi connectivity index (χ0n) is 16.7. The molecule has 1 aliphatic rings. The maximum absolute atomic E-state index is 10.7. The van der Waals surface area contributed by atoms with Gasteiger partial charge in [0, 0.05) is 18.1 Å². The quantitative estimate of drug-likeness (QED) is 0.248. The maximum Gasteiger partial charge on any atom is 0.186 e. The third kappa shape index (κ3) is 6.81. The zero-order chi connectivity index (χ0) is 21.0. The monoisotopic (exact) mass is 413 g/mol. The normalized spacial score (nSPS) is 23.2. The molecule has 0 saturated carbocycles. The number of nitrogens with zero attached hydrogens (tertiary/aromatic N) is 3. The number of azide groups is 1. The fourth-order valence-corrected chi connectivity index (χ4v) is 3.20. The van der Waals surface area contributed by atoms with Crippen molar-refractivity contribution in [2.75, 3.05) is 19.8 Å². The summed E-state index contributed by atoms with van der Waals surface area (Å²) in [7, 11) is 0. The molecular formula is C22H27N3O5. The lowest BCUT2D eigenvalue weighted by Crippen LogP contribution is -2.37. The van der Waals surface area contributed by atoms with Gasteiger partial charge in [-0.05, 0) is 23.1 Å². The summed E-state index contributed by atoms with van der Waals surface area (Å²) >= 11 is 0. The fraction of sp³-hybridized carbons (Fsp3) is 0.455. The van der Waals surface area contributed by atoms with Crippen LogP contribution in [0.4, 0.5) is 0 Å². The van der Waals surface area contributed by atoms with Crippen molar-refractivity contribution < 1.29 is 24.1 Å². The second kappa shape index (κ2) is 12.3. The summed E-state index contributed by atoms with van der Waals surface area (Å²) in [5.41, 5.74) is 10.4. The Morgan fingerprint density at radius 3 is 2.30 bits per heavy atom. The van der Waals surface area contributed by atoms with Crippen LogP contribution in [0.1, 0.15) is 17.5 Å². The fourth-order valence-electron chi connectivity index (χ4n) is 3.20. The van der Waals surface area contributed by atoms with Crippen LogP contribution in [0, 0.1) is 0 Å². The molecule has 3 rings (SSSR count). The minimum Gasteiger partial charge on any atom is -0.385 e. The Morgan fingerprint density at radius 1 is 0.967 bits per heavy atom. The van der Waals surface area contributed by atoms with Gasteiger partial charge in [-0.2, -0.15) is 0 Å². The van der Waals surface area contributed by atoms with E-state index in [9.17, 15) is 5.11 Å². The van der Waals surface area contributed by atoms with Crippen molar-refractivity contribution in [2.24, 2.45) is 5.11 Å². The molecule has 160 valence electrons. The van der Waals surface area contributed by atoms with Crippen molar-refractivity contribution >= 4 is 0 Å². The molecule has 1 saturated heterocycles.